The lowest BCUT2D eigenvalue weighted by molar-refractivity contribution is 0.0611. The first kappa shape index (κ1) is 20.0. The molecule has 1 saturated heterocycles. The number of hydrogen-bond acceptors (Lipinski definition) is 5. The SMILES string of the molecule is Cc1cn2nc(C3CCCCN3C(=O)c3sccc3Cl)cc2nc1C1CCC(N)C1. The summed E-state index contributed by atoms with van der Waals surface area (Å²) in [6, 6.07) is 4.06. The smallest absolute Gasteiger partial charge is 0.266 e. The molecule has 1 saturated carbocycles. The van der Waals surface area contributed by atoms with Crippen molar-refractivity contribution >= 4 is 34.5 Å². The van der Waals surface area contributed by atoms with E-state index in [0.29, 0.717) is 15.8 Å². The predicted octanol–water partition coefficient (Wildman–Crippen LogP) is 4.71. The first-order valence-corrected chi connectivity index (χ1v) is 11.9. The molecule has 1 aliphatic carbocycles. The summed E-state index contributed by atoms with van der Waals surface area (Å²) >= 11 is 7.64. The number of amides is 1. The van der Waals surface area contributed by atoms with Crippen LogP contribution in [0.5, 0.6) is 0 Å². The van der Waals surface area contributed by atoms with Gasteiger partial charge in [0.05, 0.1) is 22.5 Å². The Morgan fingerprint density at radius 3 is 2.90 bits per heavy atom. The Hall–Kier alpha value is -1.96. The second kappa shape index (κ2) is 7.94. The van der Waals surface area contributed by atoms with Gasteiger partial charge in [0.15, 0.2) is 5.65 Å². The van der Waals surface area contributed by atoms with Crippen LogP contribution in [0.3, 0.4) is 0 Å². The zero-order chi connectivity index (χ0) is 20.8. The van der Waals surface area contributed by atoms with Gasteiger partial charge in [0.1, 0.15) is 4.88 Å². The molecule has 3 unspecified atom stereocenters. The number of piperidine rings is 1. The normalized spacial score (nSPS) is 24.6. The van der Waals surface area contributed by atoms with Crippen LogP contribution >= 0.6 is 22.9 Å². The third kappa shape index (κ3) is 3.53. The summed E-state index contributed by atoms with van der Waals surface area (Å²) in [5.41, 5.74) is 10.2. The lowest BCUT2D eigenvalue weighted by Gasteiger charge is -2.34. The minimum absolute atomic E-state index is 0.00141. The van der Waals surface area contributed by atoms with Gasteiger partial charge in [-0.05, 0) is 62.5 Å². The standard InChI is InChI=1S/C22H26ClN5OS/c1-13-12-28-19(25-20(13)14-5-6-15(24)10-14)11-17(26-28)18-4-2-3-8-27(18)22(29)21-16(23)7-9-30-21/h7,9,11-12,14-15,18H,2-6,8,10,24H2,1H3. The third-order valence-corrected chi connectivity index (χ3v) is 7.80. The number of carbonyl (C=O) groups excluding carboxylic acids is 1. The van der Waals surface area contributed by atoms with E-state index in [2.05, 4.69) is 13.1 Å². The second-order valence-corrected chi connectivity index (χ2v) is 9.88. The molecule has 2 N–H and O–H groups in total. The van der Waals surface area contributed by atoms with Crippen molar-refractivity contribution in [1.82, 2.24) is 19.5 Å². The van der Waals surface area contributed by atoms with Crippen molar-refractivity contribution in [2.75, 3.05) is 6.54 Å². The zero-order valence-electron chi connectivity index (χ0n) is 17.1. The van der Waals surface area contributed by atoms with E-state index < -0.39 is 0 Å². The quantitative estimate of drug-likeness (QED) is 0.635. The summed E-state index contributed by atoms with van der Waals surface area (Å²) in [6.07, 6.45) is 8.21. The highest BCUT2D eigenvalue weighted by molar-refractivity contribution is 7.12. The number of hydrogen-bond donors (Lipinski definition) is 1. The van der Waals surface area contributed by atoms with Crippen molar-refractivity contribution in [3.8, 4) is 0 Å². The Balaban J connectivity index is 1.48. The molecular formula is C22H26ClN5OS. The van der Waals surface area contributed by atoms with Crippen molar-refractivity contribution in [3.05, 3.63) is 50.6 Å². The molecule has 2 aliphatic rings. The summed E-state index contributed by atoms with van der Waals surface area (Å²) in [4.78, 5) is 20.7. The summed E-state index contributed by atoms with van der Waals surface area (Å²) in [6.45, 7) is 2.82. The number of thiophene rings is 1. The van der Waals surface area contributed by atoms with Crippen LogP contribution in [0.15, 0.2) is 23.7 Å². The zero-order valence-corrected chi connectivity index (χ0v) is 18.6. The highest BCUT2D eigenvalue weighted by Gasteiger charge is 2.32. The van der Waals surface area contributed by atoms with E-state index in [1.54, 1.807) is 6.07 Å². The van der Waals surface area contributed by atoms with Gasteiger partial charge in [-0.1, -0.05) is 11.6 Å². The topological polar surface area (TPSA) is 76.5 Å². The molecule has 4 heterocycles. The molecule has 8 heteroatoms. The average molecular weight is 444 g/mol. The first-order valence-electron chi connectivity index (χ1n) is 10.7. The van der Waals surface area contributed by atoms with Gasteiger partial charge in [-0.25, -0.2) is 9.50 Å². The molecule has 2 fully saturated rings. The molecule has 3 aromatic heterocycles. The van der Waals surface area contributed by atoms with E-state index >= 15 is 0 Å². The number of fused-ring (bicyclic) bond motifs is 1. The van der Waals surface area contributed by atoms with Crippen LogP contribution in [0.2, 0.25) is 5.02 Å². The molecule has 1 amide bonds. The fourth-order valence-electron chi connectivity index (χ4n) is 4.94. The maximum absolute atomic E-state index is 13.2. The fourth-order valence-corrected chi connectivity index (χ4v) is 6.03. The number of aromatic nitrogens is 3. The minimum Gasteiger partial charge on any atom is -0.329 e. The summed E-state index contributed by atoms with van der Waals surface area (Å²) < 4.78 is 1.86. The molecule has 0 bridgehead atoms. The first-order chi connectivity index (χ1) is 14.5. The fraction of sp³-hybridized carbons (Fsp3) is 0.500. The lowest BCUT2D eigenvalue weighted by Crippen LogP contribution is -2.38. The summed E-state index contributed by atoms with van der Waals surface area (Å²) in [7, 11) is 0. The highest BCUT2D eigenvalue weighted by atomic mass is 35.5. The molecule has 3 atom stereocenters. The third-order valence-electron chi connectivity index (χ3n) is 6.47. The van der Waals surface area contributed by atoms with E-state index in [1.165, 1.54) is 11.3 Å². The Morgan fingerprint density at radius 1 is 1.30 bits per heavy atom. The Bertz CT molecular complexity index is 1090. The van der Waals surface area contributed by atoms with Gasteiger partial charge in [0.25, 0.3) is 5.91 Å². The number of nitrogens with zero attached hydrogens (tertiary/aromatic N) is 4. The Kier molecular flexibility index (Phi) is 5.29. The molecule has 0 radical (unpaired) electrons. The van der Waals surface area contributed by atoms with E-state index in [0.717, 1.165) is 67.7 Å². The van der Waals surface area contributed by atoms with Crippen molar-refractivity contribution in [3.63, 3.8) is 0 Å². The molecule has 30 heavy (non-hydrogen) atoms. The molecule has 158 valence electrons. The van der Waals surface area contributed by atoms with E-state index in [4.69, 9.17) is 27.4 Å². The predicted molar refractivity (Wildman–Crippen MR) is 119 cm³/mol. The molecule has 0 spiro atoms. The van der Waals surface area contributed by atoms with Crippen LogP contribution in [0.25, 0.3) is 5.65 Å². The van der Waals surface area contributed by atoms with Crippen molar-refractivity contribution in [1.29, 1.82) is 0 Å². The van der Waals surface area contributed by atoms with E-state index in [-0.39, 0.29) is 18.0 Å². The molecule has 5 rings (SSSR count). The molecule has 6 nitrogen and oxygen atoms in total. The lowest BCUT2D eigenvalue weighted by atomic mass is 9.99. The van der Waals surface area contributed by atoms with Crippen LogP contribution in [0.1, 0.15) is 77.1 Å². The van der Waals surface area contributed by atoms with Crippen LogP contribution in [-0.2, 0) is 0 Å². The van der Waals surface area contributed by atoms with Gasteiger partial charge < -0.3 is 10.6 Å². The maximum atomic E-state index is 13.2. The van der Waals surface area contributed by atoms with Crippen molar-refractivity contribution < 1.29 is 4.79 Å². The highest BCUT2D eigenvalue weighted by Crippen LogP contribution is 2.36. The number of carbonyl (C=O) groups is 1. The molecule has 0 aromatic carbocycles. The van der Waals surface area contributed by atoms with Crippen LogP contribution in [0.4, 0.5) is 0 Å². The van der Waals surface area contributed by atoms with Crippen LogP contribution < -0.4 is 5.73 Å². The van der Waals surface area contributed by atoms with Gasteiger partial charge >= 0.3 is 0 Å². The number of likely N-dealkylation sites (tertiary alicyclic amines) is 1. The van der Waals surface area contributed by atoms with E-state index in [1.807, 2.05) is 20.9 Å². The van der Waals surface area contributed by atoms with E-state index in [9.17, 15) is 4.79 Å². The van der Waals surface area contributed by atoms with Crippen LogP contribution in [0, 0.1) is 6.92 Å². The largest absolute Gasteiger partial charge is 0.329 e. The van der Waals surface area contributed by atoms with Crippen molar-refractivity contribution in [2.45, 2.75) is 63.5 Å². The summed E-state index contributed by atoms with van der Waals surface area (Å²) in [5.74, 6) is 0.429. The maximum Gasteiger partial charge on any atom is 0.266 e. The number of nitrogens with two attached hydrogens (primary N) is 1. The second-order valence-electron chi connectivity index (χ2n) is 8.56. The average Bonchev–Trinajstić information content (AvgIpc) is 3.46. The Morgan fingerprint density at radius 2 is 2.17 bits per heavy atom. The van der Waals surface area contributed by atoms with Gasteiger partial charge in [0, 0.05) is 30.8 Å². The minimum atomic E-state index is -0.0465. The molecule has 1 aliphatic heterocycles. The van der Waals surface area contributed by atoms with Gasteiger partial charge in [-0.15, -0.1) is 11.3 Å². The van der Waals surface area contributed by atoms with Crippen LogP contribution in [-0.4, -0.2) is 38.0 Å². The van der Waals surface area contributed by atoms with Gasteiger partial charge in [0.2, 0.25) is 0 Å². The monoisotopic (exact) mass is 443 g/mol. The van der Waals surface area contributed by atoms with Gasteiger partial charge in [-0.2, -0.15) is 5.10 Å². The number of rotatable bonds is 3. The van der Waals surface area contributed by atoms with Crippen molar-refractivity contribution in [2.24, 2.45) is 5.73 Å². The Labute approximate surface area is 185 Å². The molecule has 3 aromatic rings. The molecular weight excluding hydrogens is 418 g/mol. The number of aryl methyl sites for hydroxylation is 1. The number of halogens is 1. The van der Waals surface area contributed by atoms with Gasteiger partial charge in [-0.3, -0.25) is 4.79 Å². The summed E-state index contributed by atoms with van der Waals surface area (Å²) in [5, 5.41) is 7.21.